The van der Waals surface area contributed by atoms with Gasteiger partial charge in [-0.3, -0.25) is 4.79 Å². The van der Waals surface area contributed by atoms with Gasteiger partial charge in [-0.1, -0.05) is 6.07 Å². The van der Waals surface area contributed by atoms with Crippen molar-refractivity contribution in [2.45, 2.75) is 24.7 Å². The summed E-state index contributed by atoms with van der Waals surface area (Å²) in [6.07, 6.45) is 1.10. The van der Waals surface area contributed by atoms with Crippen LogP contribution in [-0.4, -0.2) is 45.9 Å². The van der Waals surface area contributed by atoms with Crippen LogP contribution in [0, 0.1) is 18.7 Å². The minimum absolute atomic E-state index is 0.0525. The Bertz CT molecular complexity index is 1040. The third-order valence-electron chi connectivity index (χ3n) is 5.21. The van der Waals surface area contributed by atoms with Crippen molar-refractivity contribution in [1.82, 2.24) is 4.31 Å². The summed E-state index contributed by atoms with van der Waals surface area (Å²) in [4.78, 5) is 12.8. The van der Waals surface area contributed by atoms with Crippen LogP contribution in [0.2, 0.25) is 0 Å². The fourth-order valence-corrected chi connectivity index (χ4v) is 5.00. The number of halogens is 1. The first-order valence-corrected chi connectivity index (χ1v) is 11.0. The van der Waals surface area contributed by atoms with Crippen molar-refractivity contribution >= 4 is 21.6 Å². The third-order valence-corrected chi connectivity index (χ3v) is 7.07. The highest BCUT2D eigenvalue weighted by molar-refractivity contribution is 7.89. The van der Waals surface area contributed by atoms with Gasteiger partial charge in [0.2, 0.25) is 15.9 Å². The molecule has 1 amide bonds. The van der Waals surface area contributed by atoms with E-state index in [0.717, 1.165) is 5.56 Å². The van der Waals surface area contributed by atoms with Crippen LogP contribution in [0.5, 0.6) is 11.5 Å². The van der Waals surface area contributed by atoms with E-state index < -0.39 is 21.8 Å². The monoisotopic (exact) mass is 436 g/mol. The number of nitrogens with zero attached hydrogens (tertiary/aromatic N) is 1. The fraction of sp³-hybridized carbons (Fsp3) is 0.381. The van der Waals surface area contributed by atoms with E-state index in [0.29, 0.717) is 36.6 Å². The van der Waals surface area contributed by atoms with Crippen molar-refractivity contribution in [3.8, 4) is 11.5 Å². The van der Waals surface area contributed by atoms with E-state index in [1.54, 1.807) is 13.0 Å². The van der Waals surface area contributed by atoms with Crippen LogP contribution >= 0.6 is 0 Å². The maximum atomic E-state index is 13.5. The number of ether oxygens (including phenoxy) is 2. The molecule has 1 fully saturated rings. The maximum absolute atomic E-state index is 13.5. The lowest BCUT2D eigenvalue weighted by atomic mass is 9.98. The Morgan fingerprint density at radius 2 is 1.87 bits per heavy atom. The minimum atomic E-state index is -3.82. The lowest BCUT2D eigenvalue weighted by Gasteiger charge is -2.31. The maximum Gasteiger partial charge on any atom is 0.243 e. The molecule has 0 bridgehead atoms. The van der Waals surface area contributed by atoms with Crippen LogP contribution in [0.1, 0.15) is 18.4 Å². The molecule has 1 atom stereocenters. The van der Waals surface area contributed by atoms with Crippen LogP contribution < -0.4 is 14.8 Å². The SMILES string of the molecule is COc1ccc(S(=O)(=O)N2CCC[C@H](C(=O)Nc3cc(F)ccc3C)C2)cc1OC. The lowest BCUT2D eigenvalue weighted by molar-refractivity contribution is -0.120. The summed E-state index contributed by atoms with van der Waals surface area (Å²) in [6.45, 7) is 2.14. The number of hydrogen-bond donors (Lipinski definition) is 1. The highest BCUT2D eigenvalue weighted by atomic mass is 32.2. The molecule has 162 valence electrons. The van der Waals surface area contributed by atoms with E-state index in [2.05, 4.69) is 5.32 Å². The van der Waals surface area contributed by atoms with Gasteiger partial charge in [0.25, 0.3) is 0 Å². The quantitative estimate of drug-likeness (QED) is 0.752. The molecular weight excluding hydrogens is 411 g/mol. The van der Waals surface area contributed by atoms with Gasteiger partial charge in [0.05, 0.1) is 25.0 Å². The predicted molar refractivity (Wildman–Crippen MR) is 111 cm³/mol. The van der Waals surface area contributed by atoms with Gasteiger partial charge in [0.15, 0.2) is 11.5 Å². The standard InChI is InChI=1S/C21H25FN2O5S/c1-14-6-7-16(22)11-18(14)23-21(25)15-5-4-10-24(13-15)30(26,27)17-8-9-19(28-2)20(12-17)29-3/h6-9,11-12,15H,4-5,10,13H2,1-3H3,(H,23,25)/t15-/m0/s1. The first kappa shape index (κ1) is 22.0. The van der Waals surface area contributed by atoms with E-state index in [1.807, 2.05) is 0 Å². The number of rotatable bonds is 6. The average molecular weight is 437 g/mol. The zero-order valence-corrected chi connectivity index (χ0v) is 18.0. The first-order chi connectivity index (χ1) is 14.3. The highest BCUT2D eigenvalue weighted by Gasteiger charge is 2.34. The Morgan fingerprint density at radius 1 is 1.13 bits per heavy atom. The van der Waals surface area contributed by atoms with Gasteiger partial charge in [0.1, 0.15) is 5.82 Å². The smallest absolute Gasteiger partial charge is 0.243 e. The molecule has 0 unspecified atom stereocenters. The van der Waals surface area contributed by atoms with Crippen LogP contribution in [-0.2, 0) is 14.8 Å². The summed E-state index contributed by atoms with van der Waals surface area (Å²) in [5.41, 5.74) is 1.12. The largest absolute Gasteiger partial charge is 0.493 e. The number of methoxy groups -OCH3 is 2. The van der Waals surface area contributed by atoms with Gasteiger partial charge in [-0.2, -0.15) is 4.31 Å². The number of anilines is 1. The Kier molecular flexibility index (Phi) is 6.62. The molecule has 1 heterocycles. The number of benzene rings is 2. The summed E-state index contributed by atoms with van der Waals surface area (Å²) >= 11 is 0. The lowest BCUT2D eigenvalue weighted by Crippen LogP contribution is -2.43. The number of sulfonamides is 1. The average Bonchev–Trinajstić information content (AvgIpc) is 2.75. The second-order valence-corrected chi connectivity index (χ2v) is 9.11. The zero-order valence-electron chi connectivity index (χ0n) is 17.1. The topological polar surface area (TPSA) is 84.9 Å². The Morgan fingerprint density at radius 3 is 2.57 bits per heavy atom. The molecule has 9 heteroatoms. The molecule has 0 aliphatic carbocycles. The van der Waals surface area contributed by atoms with E-state index in [1.165, 1.54) is 48.9 Å². The molecule has 0 spiro atoms. The molecule has 1 saturated heterocycles. The zero-order chi connectivity index (χ0) is 21.9. The van der Waals surface area contributed by atoms with E-state index in [4.69, 9.17) is 9.47 Å². The van der Waals surface area contributed by atoms with Crippen LogP contribution in [0.3, 0.4) is 0 Å². The van der Waals surface area contributed by atoms with Gasteiger partial charge in [-0.15, -0.1) is 0 Å². The van der Waals surface area contributed by atoms with E-state index >= 15 is 0 Å². The number of carbonyl (C=O) groups is 1. The van der Waals surface area contributed by atoms with Crippen molar-refractivity contribution < 1.29 is 27.1 Å². The van der Waals surface area contributed by atoms with Crippen molar-refractivity contribution in [3.05, 3.63) is 47.8 Å². The normalized spacial score (nSPS) is 17.4. The molecule has 2 aromatic carbocycles. The molecule has 7 nitrogen and oxygen atoms in total. The predicted octanol–water partition coefficient (Wildman–Crippen LogP) is 3.19. The second-order valence-electron chi connectivity index (χ2n) is 7.17. The van der Waals surface area contributed by atoms with Gasteiger partial charge in [-0.05, 0) is 49.6 Å². The summed E-state index contributed by atoms with van der Waals surface area (Å²) < 4.78 is 51.4. The summed E-state index contributed by atoms with van der Waals surface area (Å²) in [7, 11) is -0.909. The molecule has 3 rings (SSSR count). The molecule has 2 aromatic rings. The van der Waals surface area contributed by atoms with Crippen LogP contribution in [0.4, 0.5) is 10.1 Å². The Balaban J connectivity index is 1.78. The second kappa shape index (κ2) is 9.01. The minimum Gasteiger partial charge on any atom is -0.493 e. The van der Waals surface area contributed by atoms with Gasteiger partial charge in [0, 0.05) is 24.8 Å². The summed E-state index contributed by atoms with van der Waals surface area (Å²) in [6, 6.07) is 8.56. The fourth-order valence-electron chi connectivity index (χ4n) is 3.46. The van der Waals surface area contributed by atoms with Crippen molar-refractivity contribution in [2.75, 3.05) is 32.6 Å². The van der Waals surface area contributed by atoms with Gasteiger partial charge < -0.3 is 14.8 Å². The number of aryl methyl sites for hydroxylation is 1. The molecule has 1 aliphatic rings. The number of piperidine rings is 1. The summed E-state index contributed by atoms with van der Waals surface area (Å²) in [5, 5.41) is 2.73. The number of hydrogen-bond acceptors (Lipinski definition) is 5. The molecular formula is C21H25FN2O5S. The third kappa shape index (κ3) is 4.57. The van der Waals surface area contributed by atoms with E-state index in [9.17, 15) is 17.6 Å². The summed E-state index contributed by atoms with van der Waals surface area (Å²) in [5.74, 6) is -0.561. The molecule has 0 aromatic heterocycles. The Labute approximate surface area is 175 Å². The van der Waals surface area contributed by atoms with Crippen LogP contribution in [0.25, 0.3) is 0 Å². The van der Waals surface area contributed by atoms with Crippen LogP contribution in [0.15, 0.2) is 41.3 Å². The Hall–Kier alpha value is -2.65. The molecule has 30 heavy (non-hydrogen) atoms. The molecule has 1 N–H and O–H groups in total. The number of amides is 1. The molecule has 0 radical (unpaired) electrons. The van der Waals surface area contributed by atoms with Crippen molar-refractivity contribution in [1.29, 1.82) is 0 Å². The van der Waals surface area contributed by atoms with Crippen molar-refractivity contribution in [2.24, 2.45) is 5.92 Å². The van der Waals surface area contributed by atoms with Crippen molar-refractivity contribution in [3.63, 3.8) is 0 Å². The highest BCUT2D eigenvalue weighted by Crippen LogP contribution is 2.32. The molecule has 1 aliphatic heterocycles. The first-order valence-electron chi connectivity index (χ1n) is 9.55. The molecule has 0 saturated carbocycles. The van der Waals surface area contributed by atoms with E-state index in [-0.39, 0.29) is 17.3 Å². The van der Waals surface area contributed by atoms with Gasteiger partial charge in [-0.25, -0.2) is 12.8 Å². The van der Waals surface area contributed by atoms with Gasteiger partial charge >= 0.3 is 0 Å². The number of carbonyl (C=O) groups excluding carboxylic acids is 1. The number of nitrogens with one attached hydrogen (secondary N) is 1.